The van der Waals surface area contributed by atoms with Gasteiger partial charge in [-0.25, -0.2) is 0 Å². The van der Waals surface area contributed by atoms with Crippen LogP contribution in [0.4, 0.5) is 0 Å². The summed E-state index contributed by atoms with van der Waals surface area (Å²) in [6.07, 6.45) is 2.74. The lowest BCUT2D eigenvalue weighted by atomic mass is 9.92. The Morgan fingerprint density at radius 3 is 2.58 bits per heavy atom. The topological polar surface area (TPSA) is 18.5 Å². The van der Waals surface area contributed by atoms with Gasteiger partial charge in [0.2, 0.25) is 0 Å². The van der Waals surface area contributed by atoms with Crippen molar-refractivity contribution in [2.45, 2.75) is 46.6 Å². The molecule has 19 heavy (non-hydrogen) atoms. The highest BCUT2D eigenvalue weighted by atomic mass is 15.2. The van der Waals surface area contributed by atoms with Crippen molar-refractivity contribution in [1.29, 1.82) is 0 Å². The number of likely N-dealkylation sites (tertiary alicyclic amines) is 1. The van der Waals surface area contributed by atoms with Crippen LogP contribution in [0.15, 0.2) is 0 Å². The van der Waals surface area contributed by atoms with Gasteiger partial charge in [0, 0.05) is 25.7 Å². The Kier molecular flexibility index (Phi) is 6.78. The second-order valence-electron chi connectivity index (χ2n) is 7.66. The molecule has 0 aliphatic carbocycles. The number of hydrogen-bond donors (Lipinski definition) is 1. The predicted molar refractivity (Wildman–Crippen MR) is 84.6 cm³/mol. The van der Waals surface area contributed by atoms with Gasteiger partial charge in [0.15, 0.2) is 0 Å². The van der Waals surface area contributed by atoms with Gasteiger partial charge in [-0.1, -0.05) is 27.7 Å². The van der Waals surface area contributed by atoms with Crippen LogP contribution in [0.2, 0.25) is 0 Å². The molecule has 1 aliphatic heterocycles. The fraction of sp³-hybridized carbons (Fsp3) is 1.00. The molecule has 0 spiro atoms. The van der Waals surface area contributed by atoms with Gasteiger partial charge in [-0.05, 0) is 51.4 Å². The summed E-state index contributed by atoms with van der Waals surface area (Å²) in [7, 11) is 4.54. The Morgan fingerprint density at radius 2 is 2.05 bits per heavy atom. The zero-order valence-corrected chi connectivity index (χ0v) is 14.0. The summed E-state index contributed by atoms with van der Waals surface area (Å²) in [6, 6.07) is 0.768. The van der Waals surface area contributed by atoms with Crippen LogP contribution in [0.25, 0.3) is 0 Å². The van der Waals surface area contributed by atoms with Gasteiger partial charge in [-0.15, -0.1) is 0 Å². The maximum Gasteiger partial charge on any atom is 0.0220 e. The molecule has 1 saturated heterocycles. The Balaban J connectivity index is 2.27. The molecule has 0 saturated carbocycles. The summed E-state index contributed by atoms with van der Waals surface area (Å²) >= 11 is 0. The van der Waals surface area contributed by atoms with E-state index >= 15 is 0 Å². The molecule has 0 radical (unpaired) electrons. The standard InChI is InChI=1S/C16H35N3/c1-14(2)10-17-12-16(3,4)13-18(5)11-15-8-7-9-19(15)6/h14-15,17H,7-13H2,1-6H3. The van der Waals surface area contributed by atoms with E-state index in [4.69, 9.17) is 0 Å². The largest absolute Gasteiger partial charge is 0.316 e. The smallest absolute Gasteiger partial charge is 0.0220 e. The fourth-order valence-electron chi connectivity index (χ4n) is 3.12. The van der Waals surface area contributed by atoms with Crippen LogP contribution in [0.5, 0.6) is 0 Å². The third-order valence-corrected chi connectivity index (χ3v) is 4.05. The van der Waals surface area contributed by atoms with Crippen LogP contribution in [0.3, 0.4) is 0 Å². The normalized spacial score (nSPS) is 21.8. The predicted octanol–water partition coefficient (Wildman–Crippen LogP) is 2.28. The maximum absolute atomic E-state index is 3.60. The van der Waals surface area contributed by atoms with Crippen molar-refractivity contribution < 1.29 is 0 Å². The monoisotopic (exact) mass is 269 g/mol. The molecule has 0 amide bonds. The number of nitrogens with one attached hydrogen (secondary N) is 1. The summed E-state index contributed by atoms with van der Waals surface area (Å²) in [4.78, 5) is 5.03. The molecule has 1 aliphatic rings. The fourth-order valence-corrected chi connectivity index (χ4v) is 3.12. The van der Waals surface area contributed by atoms with Gasteiger partial charge in [0.25, 0.3) is 0 Å². The first-order valence-electron chi connectivity index (χ1n) is 7.89. The molecule has 1 atom stereocenters. The molecule has 1 heterocycles. The number of rotatable bonds is 8. The van der Waals surface area contributed by atoms with Crippen molar-refractivity contribution in [1.82, 2.24) is 15.1 Å². The van der Waals surface area contributed by atoms with Crippen molar-refractivity contribution in [3.05, 3.63) is 0 Å². The number of nitrogens with zero attached hydrogens (tertiary/aromatic N) is 2. The van der Waals surface area contributed by atoms with Crippen molar-refractivity contribution in [3.63, 3.8) is 0 Å². The molecule has 0 bridgehead atoms. The van der Waals surface area contributed by atoms with Crippen molar-refractivity contribution in [2.75, 3.05) is 46.8 Å². The molecule has 3 heteroatoms. The van der Waals surface area contributed by atoms with E-state index in [0.29, 0.717) is 5.41 Å². The van der Waals surface area contributed by atoms with Crippen molar-refractivity contribution in [2.24, 2.45) is 11.3 Å². The highest BCUT2D eigenvalue weighted by molar-refractivity contribution is 4.82. The molecule has 0 aromatic rings. The number of likely N-dealkylation sites (N-methyl/N-ethyl adjacent to an activating group) is 2. The lowest BCUT2D eigenvalue weighted by Gasteiger charge is -2.33. The molecular weight excluding hydrogens is 234 g/mol. The van der Waals surface area contributed by atoms with Crippen LogP contribution < -0.4 is 5.32 Å². The summed E-state index contributed by atoms with van der Waals surface area (Å²) in [5.41, 5.74) is 0.348. The SMILES string of the molecule is CC(C)CNCC(C)(C)CN(C)CC1CCCN1C. The quantitative estimate of drug-likeness (QED) is 0.729. The van der Waals surface area contributed by atoms with Gasteiger partial charge in [-0.3, -0.25) is 0 Å². The molecule has 114 valence electrons. The molecule has 1 unspecified atom stereocenters. The Morgan fingerprint density at radius 1 is 1.37 bits per heavy atom. The lowest BCUT2D eigenvalue weighted by molar-refractivity contribution is 0.163. The van der Waals surface area contributed by atoms with Crippen molar-refractivity contribution >= 4 is 0 Å². The van der Waals surface area contributed by atoms with E-state index in [9.17, 15) is 0 Å². The molecule has 3 nitrogen and oxygen atoms in total. The van der Waals surface area contributed by atoms with E-state index in [-0.39, 0.29) is 0 Å². The van der Waals surface area contributed by atoms with Crippen molar-refractivity contribution in [3.8, 4) is 0 Å². The highest BCUT2D eigenvalue weighted by Crippen LogP contribution is 2.19. The second-order valence-corrected chi connectivity index (χ2v) is 7.66. The van der Waals surface area contributed by atoms with Crippen LogP contribution in [0.1, 0.15) is 40.5 Å². The molecule has 1 N–H and O–H groups in total. The van der Waals surface area contributed by atoms with Crippen LogP contribution in [-0.2, 0) is 0 Å². The van der Waals surface area contributed by atoms with E-state index < -0.39 is 0 Å². The average molecular weight is 269 g/mol. The highest BCUT2D eigenvalue weighted by Gasteiger charge is 2.25. The second kappa shape index (κ2) is 7.61. The molecule has 1 fully saturated rings. The van der Waals surface area contributed by atoms with Gasteiger partial charge in [0.05, 0.1) is 0 Å². The molecule has 0 aromatic carbocycles. The Bertz CT molecular complexity index is 250. The van der Waals surface area contributed by atoms with Gasteiger partial charge in [0.1, 0.15) is 0 Å². The first-order valence-corrected chi connectivity index (χ1v) is 7.89. The molecular formula is C16H35N3. The van der Waals surface area contributed by atoms with Gasteiger partial charge >= 0.3 is 0 Å². The zero-order valence-electron chi connectivity index (χ0n) is 14.0. The zero-order chi connectivity index (χ0) is 14.5. The summed E-state index contributed by atoms with van der Waals surface area (Å²) in [6.45, 7) is 15.2. The third-order valence-electron chi connectivity index (χ3n) is 4.05. The van der Waals surface area contributed by atoms with Gasteiger partial charge in [-0.2, -0.15) is 0 Å². The van der Waals surface area contributed by atoms with Gasteiger partial charge < -0.3 is 15.1 Å². The first kappa shape index (κ1) is 16.9. The third kappa shape index (κ3) is 6.73. The van der Waals surface area contributed by atoms with E-state index in [2.05, 4.69) is 56.9 Å². The summed E-state index contributed by atoms with van der Waals surface area (Å²) in [5.74, 6) is 0.737. The minimum Gasteiger partial charge on any atom is -0.316 e. The van der Waals surface area contributed by atoms with E-state index in [0.717, 1.165) is 25.0 Å². The summed E-state index contributed by atoms with van der Waals surface area (Å²) < 4.78 is 0. The molecule has 0 aromatic heterocycles. The first-order chi connectivity index (χ1) is 8.80. The van der Waals surface area contributed by atoms with E-state index in [1.807, 2.05) is 0 Å². The van der Waals surface area contributed by atoms with Crippen LogP contribution in [-0.4, -0.2) is 62.7 Å². The maximum atomic E-state index is 3.60. The lowest BCUT2D eigenvalue weighted by Crippen LogP contribution is -2.44. The van der Waals surface area contributed by atoms with E-state index in [1.54, 1.807) is 0 Å². The Labute approximate surface area is 120 Å². The molecule has 1 rings (SSSR count). The minimum atomic E-state index is 0.348. The average Bonchev–Trinajstić information content (AvgIpc) is 2.62. The minimum absolute atomic E-state index is 0.348. The summed E-state index contributed by atoms with van der Waals surface area (Å²) in [5, 5.41) is 3.60. The van der Waals surface area contributed by atoms with E-state index in [1.165, 1.54) is 32.5 Å². The van der Waals surface area contributed by atoms with Crippen LogP contribution in [0, 0.1) is 11.3 Å². The van der Waals surface area contributed by atoms with Crippen LogP contribution >= 0.6 is 0 Å². The number of hydrogen-bond acceptors (Lipinski definition) is 3. The Hall–Kier alpha value is -0.120.